The molecule has 1 saturated heterocycles. The summed E-state index contributed by atoms with van der Waals surface area (Å²) in [7, 11) is 1.78. The van der Waals surface area contributed by atoms with Gasteiger partial charge in [0.05, 0.1) is 19.4 Å². The summed E-state index contributed by atoms with van der Waals surface area (Å²) in [4.78, 5) is 5.03. The minimum Gasteiger partial charge on any atom is -0.468 e. The maximum absolute atomic E-state index is 5.51. The Morgan fingerprint density at radius 3 is 2.71 bits per heavy atom. The molecule has 4 rings (SSSR count). The van der Waals surface area contributed by atoms with E-state index in [0.29, 0.717) is 5.41 Å². The number of anilines is 1. The second kappa shape index (κ2) is 6.61. The van der Waals surface area contributed by atoms with Crippen LogP contribution in [0.3, 0.4) is 0 Å². The summed E-state index contributed by atoms with van der Waals surface area (Å²) in [6.07, 6.45) is 4.20. The Balaban J connectivity index is 1.48. The number of para-hydroxylation sites is 1. The number of furan rings is 1. The topological polar surface area (TPSA) is 28.9 Å². The molecule has 1 spiro atoms. The van der Waals surface area contributed by atoms with Gasteiger partial charge in [-0.25, -0.2) is 0 Å². The number of likely N-dealkylation sites (tertiary alicyclic amines) is 1. The molecule has 0 amide bonds. The Bertz CT molecular complexity index is 660. The lowest BCUT2D eigenvalue weighted by Crippen LogP contribution is -2.45. The summed E-state index contributed by atoms with van der Waals surface area (Å²) in [6, 6.07) is 13.0. The molecule has 1 fully saturated rings. The van der Waals surface area contributed by atoms with E-state index in [4.69, 9.17) is 9.15 Å². The zero-order valence-corrected chi connectivity index (χ0v) is 14.4. The van der Waals surface area contributed by atoms with Gasteiger partial charge >= 0.3 is 0 Å². The van der Waals surface area contributed by atoms with Gasteiger partial charge in [0, 0.05) is 31.3 Å². The third kappa shape index (κ3) is 2.85. The van der Waals surface area contributed by atoms with Crippen molar-refractivity contribution in [3.63, 3.8) is 0 Å². The molecular weight excluding hydrogens is 300 g/mol. The number of benzene rings is 1. The summed E-state index contributed by atoms with van der Waals surface area (Å²) >= 11 is 0. The van der Waals surface area contributed by atoms with Crippen molar-refractivity contribution in [2.24, 2.45) is 0 Å². The largest absolute Gasteiger partial charge is 0.468 e. The summed E-state index contributed by atoms with van der Waals surface area (Å²) in [5, 5.41) is 0. The first kappa shape index (κ1) is 15.7. The van der Waals surface area contributed by atoms with E-state index in [-0.39, 0.29) is 0 Å². The van der Waals surface area contributed by atoms with Gasteiger partial charge in [-0.15, -0.1) is 0 Å². The first-order valence-corrected chi connectivity index (χ1v) is 8.89. The van der Waals surface area contributed by atoms with E-state index in [1.165, 1.54) is 18.5 Å². The SMILES string of the molecule is COCCN1CC2(CCN(Cc3ccco3)CC2)c2ccccc21. The van der Waals surface area contributed by atoms with Gasteiger partial charge in [-0.2, -0.15) is 0 Å². The highest BCUT2D eigenvalue weighted by Crippen LogP contribution is 2.46. The van der Waals surface area contributed by atoms with Gasteiger partial charge in [-0.1, -0.05) is 18.2 Å². The second-order valence-electron chi connectivity index (χ2n) is 7.07. The molecular formula is C20H26N2O2. The number of rotatable bonds is 5. The predicted octanol–water partition coefficient (Wildman–Crippen LogP) is 3.28. The number of hydrogen-bond acceptors (Lipinski definition) is 4. The normalized spacial score (nSPS) is 19.8. The van der Waals surface area contributed by atoms with Crippen molar-refractivity contribution in [1.29, 1.82) is 0 Å². The quantitative estimate of drug-likeness (QED) is 0.843. The highest BCUT2D eigenvalue weighted by atomic mass is 16.5. The molecule has 4 heteroatoms. The van der Waals surface area contributed by atoms with Crippen LogP contribution in [0.4, 0.5) is 5.69 Å². The molecule has 0 unspecified atom stereocenters. The van der Waals surface area contributed by atoms with Crippen LogP contribution in [0.1, 0.15) is 24.2 Å². The van der Waals surface area contributed by atoms with Crippen molar-refractivity contribution in [3.05, 3.63) is 54.0 Å². The number of nitrogens with zero attached hydrogens (tertiary/aromatic N) is 2. The van der Waals surface area contributed by atoms with Gasteiger partial charge in [-0.05, 0) is 49.7 Å². The molecule has 2 aliphatic heterocycles. The van der Waals surface area contributed by atoms with E-state index in [0.717, 1.165) is 45.1 Å². The van der Waals surface area contributed by atoms with Gasteiger partial charge in [-0.3, -0.25) is 4.90 Å². The number of ether oxygens (including phenoxy) is 1. The van der Waals surface area contributed by atoms with Gasteiger partial charge in [0.2, 0.25) is 0 Å². The maximum Gasteiger partial charge on any atom is 0.117 e. The average Bonchev–Trinajstić information content (AvgIpc) is 3.23. The van der Waals surface area contributed by atoms with Crippen LogP contribution in [0, 0.1) is 0 Å². The molecule has 2 aliphatic rings. The lowest BCUT2D eigenvalue weighted by molar-refractivity contribution is 0.149. The summed E-state index contributed by atoms with van der Waals surface area (Å²) < 4.78 is 10.8. The van der Waals surface area contributed by atoms with E-state index in [2.05, 4.69) is 40.1 Å². The van der Waals surface area contributed by atoms with E-state index < -0.39 is 0 Å². The van der Waals surface area contributed by atoms with E-state index >= 15 is 0 Å². The minimum absolute atomic E-state index is 0.310. The molecule has 0 N–H and O–H groups in total. The molecule has 1 aromatic heterocycles. The van der Waals surface area contributed by atoms with Gasteiger partial charge in [0.25, 0.3) is 0 Å². The molecule has 0 atom stereocenters. The average molecular weight is 326 g/mol. The maximum atomic E-state index is 5.51. The smallest absolute Gasteiger partial charge is 0.117 e. The van der Waals surface area contributed by atoms with Crippen molar-refractivity contribution in [3.8, 4) is 0 Å². The lowest BCUT2D eigenvalue weighted by Gasteiger charge is -2.39. The Morgan fingerprint density at radius 2 is 1.96 bits per heavy atom. The molecule has 24 heavy (non-hydrogen) atoms. The van der Waals surface area contributed by atoms with Crippen LogP contribution in [-0.2, 0) is 16.7 Å². The molecule has 2 aromatic rings. The second-order valence-corrected chi connectivity index (χ2v) is 7.07. The van der Waals surface area contributed by atoms with Crippen LogP contribution in [0.15, 0.2) is 47.1 Å². The fourth-order valence-electron chi connectivity index (χ4n) is 4.32. The molecule has 128 valence electrons. The number of fused-ring (bicyclic) bond motifs is 2. The first-order chi connectivity index (χ1) is 11.8. The molecule has 3 heterocycles. The molecule has 4 nitrogen and oxygen atoms in total. The fourth-order valence-corrected chi connectivity index (χ4v) is 4.32. The fraction of sp³-hybridized carbons (Fsp3) is 0.500. The molecule has 0 bridgehead atoms. The van der Waals surface area contributed by atoms with Gasteiger partial charge in [0.1, 0.15) is 5.76 Å². The van der Waals surface area contributed by atoms with Crippen molar-refractivity contribution in [1.82, 2.24) is 4.90 Å². The van der Waals surface area contributed by atoms with Crippen molar-refractivity contribution in [2.75, 3.05) is 44.8 Å². The van der Waals surface area contributed by atoms with Crippen LogP contribution in [0.25, 0.3) is 0 Å². The van der Waals surface area contributed by atoms with Crippen molar-refractivity contribution in [2.45, 2.75) is 24.8 Å². The van der Waals surface area contributed by atoms with E-state index in [1.54, 1.807) is 18.9 Å². The first-order valence-electron chi connectivity index (χ1n) is 8.89. The monoisotopic (exact) mass is 326 g/mol. The molecule has 1 aromatic carbocycles. The Labute approximate surface area is 144 Å². The summed E-state index contributed by atoms with van der Waals surface area (Å²) in [5.74, 6) is 1.07. The van der Waals surface area contributed by atoms with Crippen molar-refractivity contribution < 1.29 is 9.15 Å². The van der Waals surface area contributed by atoms with Crippen LogP contribution < -0.4 is 4.90 Å². The van der Waals surface area contributed by atoms with E-state index in [9.17, 15) is 0 Å². The molecule has 0 radical (unpaired) electrons. The number of methoxy groups -OCH3 is 1. The Morgan fingerprint density at radius 1 is 1.12 bits per heavy atom. The highest BCUT2D eigenvalue weighted by Gasteiger charge is 2.44. The zero-order valence-electron chi connectivity index (χ0n) is 14.4. The highest BCUT2D eigenvalue weighted by molar-refractivity contribution is 5.62. The van der Waals surface area contributed by atoms with Crippen molar-refractivity contribution >= 4 is 5.69 Å². The minimum atomic E-state index is 0.310. The summed E-state index contributed by atoms with van der Waals surface area (Å²) in [6.45, 7) is 6.09. The lowest BCUT2D eigenvalue weighted by atomic mass is 9.74. The number of piperidine rings is 1. The molecule has 0 aliphatic carbocycles. The summed E-state index contributed by atoms with van der Waals surface area (Å²) in [5.41, 5.74) is 3.26. The van der Waals surface area contributed by atoms with Crippen LogP contribution in [-0.4, -0.2) is 44.8 Å². The third-order valence-corrected chi connectivity index (χ3v) is 5.65. The van der Waals surface area contributed by atoms with Crippen LogP contribution in [0.5, 0.6) is 0 Å². The van der Waals surface area contributed by atoms with Gasteiger partial charge in [0.15, 0.2) is 0 Å². The number of hydrogen-bond donors (Lipinski definition) is 0. The Kier molecular flexibility index (Phi) is 4.33. The standard InChI is InChI=1S/C20H26N2O2/c1-23-14-12-22-16-20(18-6-2-3-7-19(18)22)8-10-21(11-9-20)15-17-5-4-13-24-17/h2-7,13H,8-12,14-16H2,1H3. The van der Waals surface area contributed by atoms with Gasteiger partial charge < -0.3 is 14.1 Å². The molecule has 0 saturated carbocycles. The third-order valence-electron chi connectivity index (χ3n) is 5.65. The Hall–Kier alpha value is -1.78. The van der Waals surface area contributed by atoms with Crippen LogP contribution in [0.2, 0.25) is 0 Å². The zero-order chi connectivity index (χ0) is 16.4. The van der Waals surface area contributed by atoms with E-state index in [1.807, 2.05) is 6.07 Å². The van der Waals surface area contributed by atoms with Crippen LogP contribution >= 0.6 is 0 Å². The predicted molar refractivity (Wildman–Crippen MR) is 95.4 cm³/mol.